The molecule has 25 heavy (non-hydrogen) atoms. The van der Waals surface area contributed by atoms with E-state index in [-0.39, 0.29) is 0 Å². The molecule has 128 valence electrons. The van der Waals surface area contributed by atoms with E-state index in [0.29, 0.717) is 11.8 Å². The molecule has 2 aromatic heterocycles. The third-order valence-corrected chi connectivity index (χ3v) is 5.03. The van der Waals surface area contributed by atoms with Gasteiger partial charge in [-0.25, -0.2) is 9.97 Å². The summed E-state index contributed by atoms with van der Waals surface area (Å²) in [6.45, 7) is 3.74. The fourth-order valence-electron chi connectivity index (χ4n) is 3.72. The Balaban J connectivity index is 1.44. The van der Waals surface area contributed by atoms with Gasteiger partial charge in [0.05, 0.1) is 0 Å². The highest BCUT2D eigenvalue weighted by Gasteiger charge is 2.32. The van der Waals surface area contributed by atoms with Crippen LogP contribution in [0.4, 0.5) is 0 Å². The van der Waals surface area contributed by atoms with Gasteiger partial charge in [0, 0.05) is 44.1 Å². The van der Waals surface area contributed by atoms with E-state index >= 15 is 0 Å². The monoisotopic (exact) mass is 333 g/mol. The number of nitrogens with zero attached hydrogens (tertiary/aromatic N) is 4. The molecule has 0 amide bonds. The van der Waals surface area contributed by atoms with Gasteiger partial charge in [0.15, 0.2) is 0 Å². The van der Waals surface area contributed by atoms with Gasteiger partial charge in [0.1, 0.15) is 12.1 Å². The summed E-state index contributed by atoms with van der Waals surface area (Å²) in [5.74, 6) is 1.93. The molecule has 0 saturated carbocycles. The predicted octanol–water partition coefficient (Wildman–Crippen LogP) is 2.44. The molecule has 3 heterocycles. The van der Waals surface area contributed by atoms with Crippen LogP contribution in [0.3, 0.4) is 0 Å². The average molecular weight is 333 g/mol. The minimum atomic E-state index is 0.514. The molecule has 1 aromatic carbocycles. The molecular formula is C20H23N5. The summed E-state index contributed by atoms with van der Waals surface area (Å²) in [6.07, 6.45) is 7.39. The van der Waals surface area contributed by atoms with Crippen molar-refractivity contribution < 1.29 is 0 Å². The van der Waals surface area contributed by atoms with Crippen molar-refractivity contribution in [3.8, 4) is 5.82 Å². The second kappa shape index (κ2) is 7.17. The standard InChI is InChI=1S/C20H23N5/c21-10-18-13-24(14-19(18)17-4-2-1-3-5-17)12-16-6-7-20(23-11-16)25-9-8-22-15-25/h1-9,11,15,18-19H,10,12-14,21H2/t18-,19+/m1/s1. The molecule has 0 bridgehead atoms. The van der Waals surface area contributed by atoms with Crippen LogP contribution < -0.4 is 5.73 Å². The third kappa shape index (κ3) is 3.48. The van der Waals surface area contributed by atoms with Crippen LogP contribution in [0.1, 0.15) is 17.0 Å². The van der Waals surface area contributed by atoms with E-state index in [9.17, 15) is 0 Å². The molecular weight excluding hydrogens is 310 g/mol. The van der Waals surface area contributed by atoms with E-state index < -0.39 is 0 Å². The predicted molar refractivity (Wildman–Crippen MR) is 98.4 cm³/mol. The third-order valence-electron chi connectivity index (χ3n) is 5.03. The van der Waals surface area contributed by atoms with Crippen LogP contribution in [-0.2, 0) is 6.54 Å². The molecule has 1 fully saturated rings. The Morgan fingerprint density at radius 3 is 2.64 bits per heavy atom. The molecule has 4 rings (SSSR count). The average Bonchev–Trinajstić information content (AvgIpc) is 3.33. The summed E-state index contributed by atoms with van der Waals surface area (Å²) in [5, 5.41) is 0. The van der Waals surface area contributed by atoms with Crippen molar-refractivity contribution >= 4 is 0 Å². The normalized spacial score (nSPS) is 20.8. The van der Waals surface area contributed by atoms with Gasteiger partial charge in [-0.05, 0) is 29.7 Å². The summed E-state index contributed by atoms with van der Waals surface area (Å²) in [4.78, 5) is 11.1. The van der Waals surface area contributed by atoms with Gasteiger partial charge >= 0.3 is 0 Å². The van der Waals surface area contributed by atoms with Crippen LogP contribution >= 0.6 is 0 Å². The largest absolute Gasteiger partial charge is 0.330 e. The van der Waals surface area contributed by atoms with E-state index in [1.807, 2.05) is 23.0 Å². The first-order chi connectivity index (χ1) is 12.3. The molecule has 0 radical (unpaired) electrons. The highest BCUT2D eigenvalue weighted by molar-refractivity contribution is 5.26. The fraction of sp³-hybridized carbons (Fsp3) is 0.300. The Labute approximate surface area is 148 Å². The van der Waals surface area contributed by atoms with E-state index in [4.69, 9.17) is 5.73 Å². The first-order valence-corrected chi connectivity index (χ1v) is 8.74. The number of benzene rings is 1. The zero-order valence-corrected chi connectivity index (χ0v) is 14.2. The van der Waals surface area contributed by atoms with Gasteiger partial charge in [-0.1, -0.05) is 36.4 Å². The maximum absolute atomic E-state index is 6.04. The van der Waals surface area contributed by atoms with Crippen LogP contribution in [0.15, 0.2) is 67.4 Å². The van der Waals surface area contributed by atoms with E-state index in [2.05, 4.69) is 51.3 Å². The first-order valence-electron chi connectivity index (χ1n) is 8.74. The molecule has 1 aliphatic heterocycles. The SMILES string of the molecule is NC[C@@H]1CN(Cc2ccc(-n3ccnc3)nc2)C[C@H]1c1ccccc1. The summed E-state index contributed by atoms with van der Waals surface area (Å²) >= 11 is 0. The number of aromatic nitrogens is 3. The number of rotatable bonds is 5. The fourth-order valence-corrected chi connectivity index (χ4v) is 3.72. The highest BCUT2D eigenvalue weighted by Crippen LogP contribution is 2.32. The van der Waals surface area contributed by atoms with E-state index in [1.54, 1.807) is 12.5 Å². The van der Waals surface area contributed by atoms with Crippen molar-refractivity contribution in [1.29, 1.82) is 0 Å². The van der Waals surface area contributed by atoms with Gasteiger partial charge in [-0.2, -0.15) is 0 Å². The molecule has 2 N–H and O–H groups in total. The van der Waals surface area contributed by atoms with Crippen LogP contribution in [0.2, 0.25) is 0 Å². The minimum absolute atomic E-state index is 0.514. The second-order valence-electron chi connectivity index (χ2n) is 6.70. The molecule has 0 aliphatic carbocycles. The van der Waals surface area contributed by atoms with Gasteiger partial charge in [0.2, 0.25) is 0 Å². The van der Waals surface area contributed by atoms with E-state index in [0.717, 1.165) is 32.0 Å². The highest BCUT2D eigenvalue weighted by atomic mass is 15.2. The maximum atomic E-state index is 6.04. The molecule has 5 nitrogen and oxygen atoms in total. The Morgan fingerprint density at radius 1 is 1.08 bits per heavy atom. The van der Waals surface area contributed by atoms with Gasteiger partial charge in [-0.15, -0.1) is 0 Å². The maximum Gasteiger partial charge on any atom is 0.137 e. The molecule has 0 unspecified atom stereocenters. The van der Waals surface area contributed by atoms with Crippen molar-refractivity contribution in [3.63, 3.8) is 0 Å². The van der Waals surface area contributed by atoms with Gasteiger partial charge in [-0.3, -0.25) is 9.47 Å². The van der Waals surface area contributed by atoms with Crippen molar-refractivity contribution in [2.24, 2.45) is 11.7 Å². The van der Waals surface area contributed by atoms with Crippen LogP contribution in [-0.4, -0.2) is 39.1 Å². The Bertz CT molecular complexity index is 783. The lowest BCUT2D eigenvalue weighted by Crippen LogP contribution is -2.23. The summed E-state index contributed by atoms with van der Waals surface area (Å²) in [5.41, 5.74) is 8.67. The lowest BCUT2D eigenvalue weighted by molar-refractivity contribution is 0.316. The zero-order chi connectivity index (χ0) is 17.1. The number of likely N-dealkylation sites (tertiary alicyclic amines) is 1. The first kappa shape index (κ1) is 16.0. The van der Waals surface area contributed by atoms with Crippen molar-refractivity contribution in [3.05, 3.63) is 78.5 Å². The Hall–Kier alpha value is -2.50. The topological polar surface area (TPSA) is 60.0 Å². The minimum Gasteiger partial charge on any atom is -0.330 e. The summed E-state index contributed by atoms with van der Waals surface area (Å²) in [6, 6.07) is 14.9. The molecule has 3 aromatic rings. The van der Waals surface area contributed by atoms with Crippen LogP contribution in [0, 0.1) is 5.92 Å². The van der Waals surface area contributed by atoms with Crippen LogP contribution in [0.25, 0.3) is 5.82 Å². The summed E-state index contributed by atoms with van der Waals surface area (Å²) < 4.78 is 1.91. The number of imidazole rings is 1. The van der Waals surface area contributed by atoms with Crippen molar-refractivity contribution in [2.45, 2.75) is 12.5 Å². The Kier molecular flexibility index (Phi) is 4.59. The second-order valence-corrected chi connectivity index (χ2v) is 6.70. The Morgan fingerprint density at radius 2 is 1.96 bits per heavy atom. The number of hydrogen-bond donors (Lipinski definition) is 1. The molecule has 1 aliphatic rings. The van der Waals surface area contributed by atoms with Gasteiger partial charge in [0.25, 0.3) is 0 Å². The molecule has 1 saturated heterocycles. The quantitative estimate of drug-likeness (QED) is 0.779. The molecule has 5 heteroatoms. The zero-order valence-electron chi connectivity index (χ0n) is 14.2. The van der Waals surface area contributed by atoms with Crippen molar-refractivity contribution in [2.75, 3.05) is 19.6 Å². The van der Waals surface area contributed by atoms with Crippen LogP contribution in [0.5, 0.6) is 0 Å². The number of hydrogen-bond acceptors (Lipinski definition) is 4. The number of nitrogens with two attached hydrogens (primary N) is 1. The lowest BCUT2D eigenvalue weighted by atomic mass is 9.89. The summed E-state index contributed by atoms with van der Waals surface area (Å²) in [7, 11) is 0. The van der Waals surface area contributed by atoms with E-state index in [1.165, 1.54) is 11.1 Å². The smallest absolute Gasteiger partial charge is 0.137 e. The molecule has 2 atom stereocenters. The molecule has 0 spiro atoms. The number of pyridine rings is 1. The lowest BCUT2D eigenvalue weighted by Gasteiger charge is -2.17. The van der Waals surface area contributed by atoms with Crippen molar-refractivity contribution in [1.82, 2.24) is 19.4 Å². The van der Waals surface area contributed by atoms with Gasteiger partial charge < -0.3 is 5.73 Å².